The summed E-state index contributed by atoms with van der Waals surface area (Å²) in [6.07, 6.45) is -0.00897. The van der Waals surface area contributed by atoms with Crippen LogP contribution < -0.4 is 25.2 Å². The van der Waals surface area contributed by atoms with E-state index in [2.05, 4.69) is 25.1 Å². The Morgan fingerprint density at radius 2 is 1.67 bits per heavy atom. The zero-order valence-electron chi connectivity index (χ0n) is 26.2. The Labute approximate surface area is 273 Å². The number of amides is 4. The van der Waals surface area contributed by atoms with E-state index in [0.717, 1.165) is 16.2 Å². The first kappa shape index (κ1) is 31.0. The Balaban J connectivity index is 1.01. The van der Waals surface area contributed by atoms with Crippen molar-refractivity contribution in [3.05, 3.63) is 81.4 Å². The highest BCUT2D eigenvalue weighted by Gasteiger charge is 2.46. The number of hydrogen-bond donors (Lipinski definition) is 2. The topological polar surface area (TPSA) is 154 Å². The number of fused-ring (bicyclic) bond motifs is 2. The van der Waals surface area contributed by atoms with Gasteiger partial charge in [-0.15, -0.1) is 0 Å². The van der Waals surface area contributed by atoms with Crippen LogP contribution in [-0.4, -0.2) is 89.8 Å². The van der Waals surface area contributed by atoms with Gasteiger partial charge < -0.3 is 19.4 Å². The fourth-order valence-electron chi connectivity index (χ4n) is 6.57. The van der Waals surface area contributed by atoms with Crippen molar-refractivity contribution in [2.75, 3.05) is 45.3 Å². The highest BCUT2D eigenvalue weighted by molar-refractivity contribution is 6.23. The van der Waals surface area contributed by atoms with E-state index >= 15 is 4.39 Å². The summed E-state index contributed by atoms with van der Waals surface area (Å²) < 4.78 is 25.9. The van der Waals surface area contributed by atoms with Crippen molar-refractivity contribution in [3.63, 3.8) is 0 Å². The van der Waals surface area contributed by atoms with E-state index in [9.17, 15) is 24.0 Å². The molecule has 0 saturated carbocycles. The fraction of sp³-hybridized carbons (Fsp3) is 0.294. The standard InChI is InChI=1S/C34H31FN6O7/c1-47-21-15-24-29(26(16-21)48-2)32(44)38-30(36-24)19-3-5-20(6-4-19)40-11-9-39(10-12-40)17-18-13-22-28(23(35)14-18)34(46)41(33(22)45)25-7-8-27(42)37-31(25)43/h3-6,13-16,25H,7-12,17H2,1-2H3,(H,36,38,44)(H,37,42,43). The van der Waals surface area contributed by atoms with Crippen molar-refractivity contribution in [2.24, 2.45) is 0 Å². The van der Waals surface area contributed by atoms with Gasteiger partial charge in [-0.1, -0.05) is 0 Å². The van der Waals surface area contributed by atoms with E-state index in [4.69, 9.17) is 9.47 Å². The SMILES string of the molecule is COc1cc(OC)c2c(=O)[nH]c(-c3ccc(N4CCN(Cc5cc(F)c6c(c5)C(=O)N(C5CCC(=O)NC5=O)C6=O)CC4)cc3)nc2c1. The molecule has 1 atom stereocenters. The molecule has 2 saturated heterocycles. The van der Waals surface area contributed by atoms with Gasteiger partial charge in [-0.3, -0.25) is 39.1 Å². The van der Waals surface area contributed by atoms with Crippen LogP contribution in [0.15, 0.2) is 53.3 Å². The van der Waals surface area contributed by atoms with Crippen molar-refractivity contribution in [2.45, 2.75) is 25.4 Å². The van der Waals surface area contributed by atoms with Crippen molar-refractivity contribution in [1.82, 2.24) is 25.1 Å². The number of ether oxygens (including phenoxy) is 2. The molecule has 2 N–H and O–H groups in total. The van der Waals surface area contributed by atoms with Crippen LogP contribution >= 0.6 is 0 Å². The third-order valence-corrected chi connectivity index (χ3v) is 9.04. The summed E-state index contributed by atoms with van der Waals surface area (Å²) in [6, 6.07) is 12.7. The van der Waals surface area contributed by atoms with Gasteiger partial charge in [-0.05, 0) is 48.4 Å². The highest BCUT2D eigenvalue weighted by Crippen LogP contribution is 2.32. The van der Waals surface area contributed by atoms with Crippen LogP contribution in [0.2, 0.25) is 0 Å². The number of hydrogen-bond acceptors (Lipinski definition) is 10. The average molecular weight is 655 g/mol. The number of piperidine rings is 1. The Morgan fingerprint density at radius 1 is 0.917 bits per heavy atom. The number of H-pyrrole nitrogens is 1. The zero-order chi connectivity index (χ0) is 33.7. The van der Waals surface area contributed by atoms with Gasteiger partial charge in [0.05, 0.1) is 30.9 Å². The molecule has 246 valence electrons. The maximum Gasteiger partial charge on any atom is 0.265 e. The van der Waals surface area contributed by atoms with Crippen LogP contribution in [0, 0.1) is 5.82 Å². The molecule has 7 rings (SSSR count). The molecule has 0 spiro atoms. The second-order valence-electron chi connectivity index (χ2n) is 11.9. The summed E-state index contributed by atoms with van der Waals surface area (Å²) >= 11 is 0. The van der Waals surface area contributed by atoms with Crippen molar-refractivity contribution >= 4 is 40.2 Å². The van der Waals surface area contributed by atoms with Gasteiger partial charge in [-0.2, -0.15) is 0 Å². The van der Waals surface area contributed by atoms with Crippen LogP contribution in [-0.2, 0) is 16.1 Å². The Bertz CT molecular complexity index is 2060. The lowest BCUT2D eigenvalue weighted by Crippen LogP contribution is -2.54. The van der Waals surface area contributed by atoms with Gasteiger partial charge in [0.2, 0.25) is 11.8 Å². The summed E-state index contributed by atoms with van der Waals surface area (Å²) in [6.45, 7) is 3.08. The number of piperazine rings is 1. The normalized spacial score (nSPS) is 18.4. The molecule has 3 aliphatic rings. The van der Waals surface area contributed by atoms with Crippen LogP contribution in [0.3, 0.4) is 0 Å². The third kappa shape index (κ3) is 5.43. The van der Waals surface area contributed by atoms with Crippen LogP contribution in [0.1, 0.15) is 39.1 Å². The molecular weight excluding hydrogens is 623 g/mol. The van der Waals surface area contributed by atoms with Crippen LogP contribution in [0.25, 0.3) is 22.3 Å². The molecule has 4 heterocycles. The quantitative estimate of drug-likeness (QED) is 0.284. The van der Waals surface area contributed by atoms with Gasteiger partial charge in [0.15, 0.2) is 0 Å². The number of methoxy groups -OCH3 is 2. The number of aromatic nitrogens is 2. The predicted octanol–water partition coefficient (Wildman–Crippen LogP) is 2.47. The molecule has 4 aromatic rings. The van der Waals surface area contributed by atoms with E-state index in [1.807, 2.05) is 24.3 Å². The summed E-state index contributed by atoms with van der Waals surface area (Å²) in [5.41, 5.74) is 1.99. The number of imide groups is 2. The molecule has 13 nitrogen and oxygen atoms in total. The van der Waals surface area contributed by atoms with Crippen LogP contribution in [0.4, 0.5) is 10.1 Å². The maximum absolute atomic E-state index is 15.2. The molecular formula is C34H31FN6O7. The molecule has 4 amide bonds. The molecule has 1 unspecified atom stereocenters. The average Bonchev–Trinajstić information content (AvgIpc) is 3.33. The number of carbonyl (C=O) groups is 4. The van der Waals surface area contributed by atoms with Gasteiger partial charge in [0.1, 0.15) is 34.6 Å². The Kier molecular flexibility index (Phi) is 7.87. The molecule has 2 fully saturated rings. The van der Waals surface area contributed by atoms with Gasteiger partial charge in [0.25, 0.3) is 17.4 Å². The number of benzene rings is 3. The first-order valence-electron chi connectivity index (χ1n) is 15.4. The highest BCUT2D eigenvalue weighted by atomic mass is 19.1. The molecule has 14 heteroatoms. The van der Waals surface area contributed by atoms with Crippen molar-refractivity contribution in [1.29, 1.82) is 0 Å². The first-order valence-corrected chi connectivity index (χ1v) is 15.4. The molecule has 3 aromatic carbocycles. The van der Waals surface area contributed by atoms with E-state index in [1.165, 1.54) is 26.4 Å². The molecule has 3 aliphatic heterocycles. The summed E-state index contributed by atoms with van der Waals surface area (Å²) in [4.78, 5) is 75.6. The minimum atomic E-state index is -1.15. The van der Waals surface area contributed by atoms with E-state index < -0.39 is 35.5 Å². The van der Waals surface area contributed by atoms with E-state index in [1.54, 1.807) is 12.1 Å². The van der Waals surface area contributed by atoms with E-state index in [-0.39, 0.29) is 29.5 Å². The first-order chi connectivity index (χ1) is 23.1. The number of anilines is 1. The monoisotopic (exact) mass is 654 g/mol. The Morgan fingerprint density at radius 3 is 2.35 bits per heavy atom. The Hall–Kier alpha value is -5.63. The maximum atomic E-state index is 15.2. The van der Waals surface area contributed by atoms with Crippen LogP contribution in [0.5, 0.6) is 11.5 Å². The van der Waals surface area contributed by atoms with Gasteiger partial charge >= 0.3 is 0 Å². The number of nitrogens with zero attached hydrogens (tertiary/aromatic N) is 4. The lowest BCUT2D eigenvalue weighted by Gasteiger charge is -2.36. The van der Waals surface area contributed by atoms with E-state index in [0.29, 0.717) is 66.5 Å². The molecule has 0 radical (unpaired) electrons. The molecule has 48 heavy (non-hydrogen) atoms. The van der Waals surface area contributed by atoms with Gasteiger partial charge in [-0.25, -0.2) is 9.37 Å². The summed E-state index contributed by atoms with van der Waals surface area (Å²) in [7, 11) is 3.02. The summed E-state index contributed by atoms with van der Waals surface area (Å²) in [5.74, 6) is -2.30. The summed E-state index contributed by atoms with van der Waals surface area (Å²) in [5, 5.41) is 2.48. The largest absolute Gasteiger partial charge is 0.497 e. The zero-order valence-corrected chi connectivity index (χ0v) is 26.2. The number of halogens is 1. The molecule has 0 bridgehead atoms. The molecule has 0 aliphatic carbocycles. The second kappa shape index (κ2) is 12.2. The minimum absolute atomic E-state index is 0.00273. The molecule has 1 aromatic heterocycles. The lowest BCUT2D eigenvalue weighted by atomic mass is 10.0. The van der Waals surface area contributed by atoms with Crippen molar-refractivity contribution in [3.8, 4) is 22.9 Å². The number of rotatable bonds is 7. The predicted molar refractivity (Wildman–Crippen MR) is 171 cm³/mol. The van der Waals surface area contributed by atoms with Crippen molar-refractivity contribution < 1.29 is 33.0 Å². The minimum Gasteiger partial charge on any atom is -0.497 e. The number of aromatic amines is 1. The fourth-order valence-corrected chi connectivity index (χ4v) is 6.57. The smallest absolute Gasteiger partial charge is 0.265 e. The van der Waals surface area contributed by atoms with Gasteiger partial charge in [0, 0.05) is 62.5 Å². The number of carbonyl (C=O) groups excluding carboxylic acids is 4. The second-order valence-corrected chi connectivity index (χ2v) is 11.9. The number of nitrogens with one attached hydrogen (secondary N) is 2. The third-order valence-electron chi connectivity index (χ3n) is 9.04. The lowest BCUT2D eigenvalue weighted by molar-refractivity contribution is -0.136.